The fraction of sp³-hybridized carbons (Fsp3) is 0.375. The number of halogens is 3. The van der Waals surface area contributed by atoms with Gasteiger partial charge in [-0.05, 0) is 11.6 Å². The van der Waals surface area contributed by atoms with Crippen molar-refractivity contribution in [3.8, 4) is 0 Å². The molecule has 86 valence electrons. The smallest absolute Gasteiger partial charge is 0.341 e. The van der Waals surface area contributed by atoms with Crippen LogP contribution in [-0.2, 0) is 4.79 Å². The van der Waals surface area contributed by atoms with Gasteiger partial charge < -0.3 is 10.2 Å². The minimum absolute atomic E-state index is 0.0719. The van der Waals surface area contributed by atoms with Gasteiger partial charge in [-0.1, -0.05) is 0 Å². The van der Waals surface area contributed by atoms with Gasteiger partial charge in [0.15, 0.2) is 5.82 Å². The molecule has 1 aromatic rings. The molecule has 2 rings (SSSR count). The molecule has 8 heteroatoms. The van der Waals surface area contributed by atoms with E-state index in [9.17, 15) is 13.6 Å². The van der Waals surface area contributed by atoms with E-state index in [4.69, 9.17) is 11.6 Å². The topological polar surface area (TPSA) is 58.1 Å². The first-order valence-corrected chi connectivity index (χ1v) is 4.72. The summed E-state index contributed by atoms with van der Waals surface area (Å²) < 4.78 is 26.5. The second-order valence-electron chi connectivity index (χ2n) is 3.30. The highest BCUT2D eigenvalue weighted by atomic mass is 35.5. The quantitative estimate of drug-likeness (QED) is 0.700. The summed E-state index contributed by atoms with van der Waals surface area (Å²) in [6.45, 7) is -0.809. The lowest BCUT2D eigenvalue weighted by Crippen LogP contribution is -2.43. The van der Waals surface area contributed by atoms with Crippen molar-refractivity contribution in [3.63, 3.8) is 0 Å². The molecule has 1 amide bonds. The summed E-state index contributed by atoms with van der Waals surface area (Å²) in [6.07, 6.45) is 1.22. The average molecular weight is 249 g/mol. The van der Waals surface area contributed by atoms with Gasteiger partial charge in [0.05, 0.1) is 12.7 Å². The van der Waals surface area contributed by atoms with Crippen LogP contribution in [0.25, 0.3) is 0 Å². The molecule has 0 saturated heterocycles. The van der Waals surface area contributed by atoms with Gasteiger partial charge >= 0.3 is 5.92 Å². The Balaban J connectivity index is 2.50. The van der Waals surface area contributed by atoms with Crippen molar-refractivity contribution in [2.45, 2.75) is 5.92 Å². The predicted molar refractivity (Wildman–Crippen MR) is 53.9 cm³/mol. The zero-order valence-corrected chi connectivity index (χ0v) is 8.92. The van der Waals surface area contributed by atoms with Crippen molar-refractivity contribution in [1.29, 1.82) is 0 Å². The van der Waals surface area contributed by atoms with Crippen molar-refractivity contribution in [1.82, 2.24) is 9.97 Å². The molecule has 5 nitrogen and oxygen atoms in total. The molecule has 0 fully saturated rings. The number of anilines is 2. The Morgan fingerprint density at radius 3 is 3.00 bits per heavy atom. The molecule has 0 atom stereocenters. The number of hydrogen-bond donors (Lipinski definition) is 1. The number of nitrogens with one attached hydrogen (secondary N) is 1. The molecule has 0 unspecified atom stereocenters. The minimum atomic E-state index is -3.47. The van der Waals surface area contributed by atoms with Gasteiger partial charge in [0.25, 0.3) is 5.91 Å². The highest BCUT2D eigenvalue weighted by Gasteiger charge is 2.44. The number of rotatable bonds is 0. The van der Waals surface area contributed by atoms with Crippen molar-refractivity contribution in [2.75, 3.05) is 23.8 Å². The molecule has 16 heavy (non-hydrogen) atoms. The molecule has 1 aliphatic rings. The summed E-state index contributed by atoms with van der Waals surface area (Å²) in [6, 6.07) is 0. The van der Waals surface area contributed by atoms with Gasteiger partial charge in [0, 0.05) is 7.05 Å². The molecule has 0 spiro atoms. The predicted octanol–water partition coefficient (Wildman–Crippen LogP) is 1.15. The number of carbonyl (C=O) groups is 1. The van der Waals surface area contributed by atoms with Crippen LogP contribution >= 0.6 is 11.6 Å². The van der Waals surface area contributed by atoms with Crippen LogP contribution in [0.4, 0.5) is 20.3 Å². The van der Waals surface area contributed by atoms with E-state index in [2.05, 4.69) is 15.3 Å². The fourth-order valence-electron chi connectivity index (χ4n) is 1.35. The van der Waals surface area contributed by atoms with E-state index in [-0.39, 0.29) is 16.8 Å². The normalized spacial score (nSPS) is 18.8. The van der Waals surface area contributed by atoms with E-state index in [1.165, 1.54) is 13.2 Å². The lowest BCUT2D eigenvalue weighted by Gasteiger charge is -2.18. The number of alkyl halides is 2. The van der Waals surface area contributed by atoms with Crippen LogP contribution in [0.2, 0.25) is 5.28 Å². The highest BCUT2D eigenvalue weighted by Crippen LogP contribution is 2.31. The van der Waals surface area contributed by atoms with E-state index in [1.54, 1.807) is 0 Å². The number of nitrogens with zero attached hydrogens (tertiary/aromatic N) is 3. The Hall–Kier alpha value is -1.50. The standard InChI is InChI=1S/C8H7ClF2N4O/c1-15-4-2-12-7(9)14-5(4)13-3-8(10,11)6(15)16/h2H,3H2,1H3,(H,12,13,14). The molecule has 0 aliphatic carbocycles. The summed E-state index contributed by atoms with van der Waals surface area (Å²) in [4.78, 5) is 19.6. The van der Waals surface area contributed by atoms with E-state index < -0.39 is 18.4 Å². The minimum Gasteiger partial charge on any atom is -0.362 e. The van der Waals surface area contributed by atoms with E-state index in [1.807, 2.05) is 0 Å². The molecule has 2 heterocycles. The maximum absolute atomic E-state index is 13.2. The molecule has 1 N–H and O–H groups in total. The Morgan fingerprint density at radius 2 is 2.31 bits per heavy atom. The molecule has 0 radical (unpaired) electrons. The Morgan fingerprint density at radius 1 is 1.62 bits per heavy atom. The fourth-order valence-corrected chi connectivity index (χ4v) is 1.49. The molecule has 0 bridgehead atoms. The Kier molecular flexibility index (Phi) is 2.42. The van der Waals surface area contributed by atoms with Crippen LogP contribution in [-0.4, -0.2) is 35.4 Å². The summed E-state index contributed by atoms with van der Waals surface area (Å²) >= 11 is 5.53. The van der Waals surface area contributed by atoms with Gasteiger partial charge in [0.1, 0.15) is 5.69 Å². The van der Waals surface area contributed by atoms with Crippen molar-refractivity contribution in [2.24, 2.45) is 0 Å². The summed E-state index contributed by atoms with van der Waals surface area (Å²) in [5.74, 6) is -4.65. The molecular formula is C8H7ClF2N4O. The highest BCUT2D eigenvalue weighted by molar-refractivity contribution is 6.28. The van der Waals surface area contributed by atoms with Crippen LogP contribution in [0.15, 0.2) is 6.20 Å². The monoisotopic (exact) mass is 248 g/mol. The van der Waals surface area contributed by atoms with Crippen molar-refractivity contribution < 1.29 is 13.6 Å². The maximum atomic E-state index is 13.2. The van der Waals surface area contributed by atoms with E-state index in [0.29, 0.717) is 0 Å². The van der Waals surface area contributed by atoms with Gasteiger partial charge in [-0.2, -0.15) is 13.8 Å². The first-order valence-electron chi connectivity index (χ1n) is 4.34. The molecule has 0 saturated carbocycles. The first kappa shape index (κ1) is 11.0. The zero-order chi connectivity index (χ0) is 11.9. The Labute approximate surface area is 94.4 Å². The number of hydrogen-bond acceptors (Lipinski definition) is 4. The number of aromatic nitrogens is 2. The summed E-state index contributed by atoms with van der Waals surface area (Å²) in [7, 11) is 1.24. The van der Waals surface area contributed by atoms with E-state index in [0.717, 1.165) is 4.90 Å². The molecule has 1 aromatic heterocycles. The average Bonchev–Trinajstić information content (AvgIpc) is 2.31. The number of carbonyl (C=O) groups excluding carboxylic acids is 1. The van der Waals surface area contributed by atoms with Crippen LogP contribution in [0.3, 0.4) is 0 Å². The van der Waals surface area contributed by atoms with Crippen LogP contribution in [0, 0.1) is 0 Å². The van der Waals surface area contributed by atoms with Gasteiger partial charge in [-0.25, -0.2) is 4.98 Å². The maximum Gasteiger partial charge on any atom is 0.341 e. The first-order chi connectivity index (χ1) is 7.42. The second kappa shape index (κ2) is 3.51. The molecule has 0 aromatic carbocycles. The lowest BCUT2D eigenvalue weighted by molar-refractivity contribution is -0.140. The van der Waals surface area contributed by atoms with Crippen LogP contribution < -0.4 is 10.2 Å². The third kappa shape index (κ3) is 1.67. The van der Waals surface area contributed by atoms with Crippen molar-refractivity contribution in [3.05, 3.63) is 11.5 Å². The molecular weight excluding hydrogens is 242 g/mol. The largest absolute Gasteiger partial charge is 0.362 e. The SMILES string of the molecule is CN1C(=O)C(F)(F)CNc2nc(Cl)ncc21. The second-order valence-corrected chi connectivity index (χ2v) is 3.63. The van der Waals surface area contributed by atoms with Gasteiger partial charge in [0.2, 0.25) is 5.28 Å². The van der Waals surface area contributed by atoms with E-state index >= 15 is 0 Å². The van der Waals surface area contributed by atoms with Gasteiger partial charge in [-0.3, -0.25) is 4.79 Å². The number of amides is 1. The third-order valence-corrected chi connectivity index (χ3v) is 2.38. The van der Waals surface area contributed by atoms with Crippen LogP contribution in [0.1, 0.15) is 0 Å². The molecule has 1 aliphatic heterocycles. The third-order valence-electron chi connectivity index (χ3n) is 2.20. The van der Waals surface area contributed by atoms with Crippen molar-refractivity contribution >= 4 is 29.0 Å². The van der Waals surface area contributed by atoms with Gasteiger partial charge in [-0.15, -0.1) is 0 Å². The lowest BCUT2D eigenvalue weighted by atomic mass is 10.3. The summed E-state index contributed by atoms with van der Waals surface area (Å²) in [5, 5.41) is 2.30. The Bertz CT molecular complexity index is 454. The van der Waals surface area contributed by atoms with Crippen LogP contribution in [0.5, 0.6) is 0 Å². The summed E-state index contributed by atoms with van der Waals surface area (Å²) in [5.41, 5.74) is 0.173. The number of fused-ring (bicyclic) bond motifs is 1. The zero-order valence-electron chi connectivity index (χ0n) is 8.17.